The van der Waals surface area contributed by atoms with Gasteiger partial charge in [-0.3, -0.25) is 0 Å². The lowest BCUT2D eigenvalue weighted by atomic mass is 10.1. The fourth-order valence-electron chi connectivity index (χ4n) is 3.12. The van der Waals surface area contributed by atoms with E-state index in [9.17, 15) is 0 Å². The molecule has 21 heavy (non-hydrogen) atoms. The SMILES string of the molecule is CC1CCC(c2nnc(-c3ccc4ccccc4n3)o2)C1. The lowest BCUT2D eigenvalue weighted by Crippen LogP contribution is -1.93. The van der Waals surface area contributed by atoms with Crippen molar-refractivity contribution in [1.82, 2.24) is 15.2 Å². The Kier molecular flexibility index (Phi) is 2.95. The first-order valence-electron chi connectivity index (χ1n) is 7.49. The number of para-hydroxylation sites is 1. The van der Waals surface area contributed by atoms with Crippen molar-refractivity contribution in [2.24, 2.45) is 5.92 Å². The molecule has 0 spiro atoms. The van der Waals surface area contributed by atoms with Crippen LogP contribution in [0.2, 0.25) is 0 Å². The zero-order valence-electron chi connectivity index (χ0n) is 12.0. The molecule has 2 atom stereocenters. The smallest absolute Gasteiger partial charge is 0.266 e. The number of aromatic nitrogens is 3. The van der Waals surface area contributed by atoms with Gasteiger partial charge < -0.3 is 4.42 Å². The van der Waals surface area contributed by atoms with Crippen molar-refractivity contribution in [3.63, 3.8) is 0 Å². The molecule has 2 unspecified atom stereocenters. The summed E-state index contributed by atoms with van der Waals surface area (Å²) in [5.74, 6) is 2.46. The largest absolute Gasteiger partial charge is 0.419 e. The molecule has 1 aromatic carbocycles. The van der Waals surface area contributed by atoms with Crippen molar-refractivity contribution in [2.45, 2.75) is 32.1 Å². The fraction of sp³-hybridized carbons (Fsp3) is 0.353. The van der Waals surface area contributed by atoms with Gasteiger partial charge in [0.1, 0.15) is 5.69 Å². The Labute approximate surface area is 123 Å². The molecule has 0 N–H and O–H groups in total. The van der Waals surface area contributed by atoms with Gasteiger partial charge >= 0.3 is 0 Å². The van der Waals surface area contributed by atoms with Gasteiger partial charge in [0.2, 0.25) is 5.89 Å². The van der Waals surface area contributed by atoms with Gasteiger partial charge in [0.05, 0.1) is 5.52 Å². The third kappa shape index (κ3) is 2.31. The van der Waals surface area contributed by atoms with Crippen LogP contribution in [0.5, 0.6) is 0 Å². The van der Waals surface area contributed by atoms with Crippen LogP contribution < -0.4 is 0 Å². The van der Waals surface area contributed by atoms with Crippen molar-refractivity contribution in [3.05, 3.63) is 42.3 Å². The van der Waals surface area contributed by atoms with Crippen LogP contribution in [0.15, 0.2) is 40.8 Å². The molecule has 0 radical (unpaired) electrons. The van der Waals surface area contributed by atoms with E-state index in [4.69, 9.17) is 4.42 Å². The maximum atomic E-state index is 5.87. The van der Waals surface area contributed by atoms with Crippen molar-refractivity contribution in [3.8, 4) is 11.6 Å². The molecule has 1 saturated carbocycles. The average molecular weight is 279 g/mol. The molecule has 1 fully saturated rings. The molecule has 1 aliphatic carbocycles. The fourth-order valence-corrected chi connectivity index (χ4v) is 3.12. The van der Waals surface area contributed by atoms with Gasteiger partial charge in [0.25, 0.3) is 5.89 Å². The van der Waals surface area contributed by atoms with E-state index in [1.165, 1.54) is 6.42 Å². The van der Waals surface area contributed by atoms with Crippen LogP contribution >= 0.6 is 0 Å². The Morgan fingerprint density at radius 2 is 1.95 bits per heavy atom. The third-order valence-electron chi connectivity index (χ3n) is 4.30. The van der Waals surface area contributed by atoms with Gasteiger partial charge in [-0.15, -0.1) is 10.2 Å². The number of pyridine rings is 1. The van der Waals surface area contributed by atoms with E-state index in [0.717, 1.165) is 41.2 Å². The summed E-state index contributed by atoms with van der Waals surface area (Å²) in [6, 6.07) is 12.0. The van der Waals surface area contributed by atoms with Gasteiger partial charge in [-0.05, 0) is 37.3 Å². The first kappa shape index (κ1) is 12.5. The van der Waals surface area contributed by atoms with E-state index in [1.807, 2.05) is 36.4 Å². The molecular weight excluding hydrogens is 262 g/mol. The second-order valence-corrected chi connectivity index (χ2v) is 5.95. The van der Waals surface area contributed by atoms with Crippen molar-refractivity contribution < 1.29 is 4.42 Å². The van der Waals surface area contributed by atoms with Crippen molar-refractivity contribution >= 4 is 10.9 Å². The minimum absolute atomic E-state index is 0.418. The van der Waals surface area contributed by atoms with Gasteiger partial charge in [0, 0.05) is 11.3 Å². The maximum absolute atomic E-state index is 5.87. The number of fused-ring (bicyclic) bond motifs is 1. The second-order valence-electron chi connectivity index (χ2n) is 5.95. The maximum Gasteiger partial charge on any atom is 0.266 e. The number of benzene rings is 1. The average Bonchev–Trinajstić information content (AvgIpc) is 3.15. The monoisotopic (exact) mass is 279 g/mol. The molecule has 3 aromatic rings. The van der Waals surface area contributed by atoms with E-state index in [0.29, 0.717) is 11.8 Å². The molecule has 0 saturated heterocycles. The zero-order valence-corrected chi connectivity index (χ0v) is 12.0. The minimum atomic E-state index is 0.418. The summed E-state index contributed by atoms with van der Waals surface area (Å²) in [6.45, 7) is 2.28. The predicted octanol–water partition coefficient (Wildman–Crippen LogP) is 4.19. The van der Waals surface area contributed by atoms with Crippen LogP contribution in [0, 0.1) is 5.92 Å². The standard InChI is InChI=1S/C17H17N3O/c1-11-6-7-13(10-11)16-19-20-17(21-16)15-9-8-12-4-2-3-5-14(12)18-15/h2-5,8-9,11,13H,6-7,10H2,1H3. The van der Waals surface area contributed by atoms with Crippen LogP contribution in [0.3, 0.4) is 0 Å². The van der Waals surface area contributed by atoms with E-state index in [1.54, 1.807) is 0 Å². The highest BCUT2D eigenvalue weighted by Gasteiger charge is 2.27. The highest BCUT2D eigenvalue weighted by Crippen LogP contribution is 2.37. The summed E-state index contributed by atoms with van der Waals surface area (Å²) in [5, 5.41) is 9.53. The summed E-state index contributed by atoms with van der Waals surface area (Å²) < 4.78 is 5.87. The Balaban J connectivity index is 1.67. The molecule has 2 heterocycles. The molecule has 1 aliphatic rings. The number of nitrogens with zero attached hydrogens (tertiary/aromatic N) is 3. The van der Waals surface area contributed by atoms with Gasteiger partial charge in [-0.2, -0.15) is 0 Å². The van der Waals surface area contributed by atoms with Crippen molar-refractivity contribution in [2.75, 3.05) is 0 Å². The lowest BCUT2D eigenvalue weighted by molar-refractivity contribution is 0.449. The molecule has 0 aliphatic heterocycles. The minimum Gasteiger partial charge on any atom is -0.419 e. The Morgan fingerprint density at radius 1 is 1.05 bits per heavy atom. The quantitative estimate of drug-likeness (QED) is 0.706. The van der Waals surface area contributed by atoms with Crippen LogP contribution in [0.25, 0.3) is 22.5 Å². The highest BCUT2D eigenvalue weighted by molar-refractivity contribution is 5.80. The van der Waals surface area contributed by atoms with Crippen LogP contribution in [0.1, 0.15) is 38.0 Å². The van der Waals surface area contributed by atoms with Gasteiger partial charge in [0.15, 0.2) is 0 Å². The first-order valence-corrected chi connectivity index (χ1v) is 7.49. The predicted molar refractivity (Wildman–Crippen MR) is 80.8 cm³/mol. The molecular formula is C17H17N3O. The molecule has 0 bridgehead atoms. The van der Waals surface area contributed by atoms with Crippen molar-refractivity contribution in [1.29, 1.82) is 0 Å². The normalized spacial score (nSPS) is 22.0. The van der Waals surface area contributed by atoms with E-state index < -0.39 is 0 Å². The van der Waals surface area contributed by atoms with E-state index in [2.05, 4.69) is 22.1 Å². The molecule has 2 aromatic heterocycles. The van der Waals surface area contributed by atoms with Crippen LogP contribution in [-0.4, -0.2) is 15.2 Å². The Bertz CT molecular complexity index is 780. The molecule has 4 rings (SSSR count). The van der Waals surface area contributed by atoms with Crippen LogP contribution in [0.4, 0.5) is 0 Å². The summed E-state index contributed by atoms with van der Waals surface area (Å²) in [6.07, 6.45) is 3.54. The second kappa shape index (κ2) is 4.95. The first-order chi connectivity index (χ1) is 10.3. The molecule has 106 valence electrons. The summed E-state index contributed by atoms with van der Waals surface area (Å²) in [4.78, 5) is 4.60. The Morgan fingerprint density at radius 3 is 2.81 bits per heavy atom. The Hall–Kier alpha value is -2.23. The summed E-state index contributed by atoms with van der Waals surface area (Å²) in [5.41, 5.74) is 1.70. The summed E-state index contributed by atoms with van der Waals surface area (Å²) in [7, 11) is 0. The third-order valence-corrected chi connectivity index (χ3v) is 4.30. The van der Waals surface area contributed by atoms with Gasteiger partial charge in [-0.25, -0.2) is 4.98 Å². The number of hydrogen-bond donors (Lipinski definition) is 0. The van der Waals surface area contributed by atoms with Gasteiger partial charge in [-0.1, -0.05) is 31.2 Å². The number of rotatable bonds is 2. The molecule has 4 heteroatoms. The zero-order chi connectivity index (χ0) is 14.2. The van der Waals surface area contributed by atoms with Crippen LogP contribution in [-0.2, 0) is 0 Å². The number of hydrogen-bond acceptors (Lipinski definition) is 4. The lowest BCUT2D eigenvalue weighted by Gasteiger charge is -2.02. The van der Waals surface area contributed by atoms with E-state index in [-0.39, 0.29) is 0 Å². The topological polar surface area (TPSA) is 51.8 Å². The van der Waals surface area contributed by atoms with E-state index >= 15 is 0 Å². The summed E-state index contributed by atoms with van der Waals surface area (Å²) >= 11 is 0. The molecule has 0 amide bonds. The molecule has 4 nitrogen and oxygen atoms in total. The highest BCUT2D eigenvalue weighted by atomic mass is 16.4.